The molecule has 0 aliphatic carbocycles. The predicted molar refractivity (Wildman–Crippen MR) is 64.2 cm³/mol. The molecule has 3 nitrogen and oxygen atoms in total. The zero-order chi connectivity index (χ0) is 11.6. The number of nitriles is 1. The Bertz CT molecular complexity index is 318. The van der Waals surface area contributed by atoms with Crippen LogP contribution in [0.3, 0.4) is 0 Å². The second kappa shape index (κ2) is 7.72. The van der Waals surface area contributed by atoms with Crippen LogP contribution < -0.4 is 10.1 Å². The van der Waals surface area contributed by atoms with Gasteiger partial charge in [0, 0.05) is 12.6 Å². The number of nitrogens with zero attached hydrogens (tertiary/aromatic N) is 1. The van der Waals surface area contributed by atoms with Gasteiger partial charge in [0.2, 0.25) is 0 Å². The van der Waals surface area contributed by atoms with Gasteiger partial charge in [-0.25, -0.2) is 0 Å². The van der Waals surface area contributed by atoms with Crippen molar-refractivity contribution in [2.24, 2.45) is 0 Å². The van der Waals surface area contributed by atoms with E-state index in [1.54, 1.807) is 0 Å². The van der Waals surface area contributed by atoms with Crippen LogP contribution in [0.1, 0.15) is 19.8 Å². The van der Waals surface area contributed by atoms with Crippen LogP contribution in [-0.4, -0.2) is 19.2 Å². The Kier molecular flexibility index (Phi) is 6.05. The summed E-state index contributed by atoms with van der Waals surface area (Å²) >= 11 is 0. The lowest BCUT2D eigenvalue weighted by Crippen LogP contribution is -2.31. The van der Waals surface area contributed by atoms with Gasteiger partial charge in [0.05, 0.1) is 12.5 Å². The Morgan fingerprint density at radius 3 is 2.75 bits per heavy atom. The van der Waals surface area contributed by atoms with Gasteiger partial charge in [-0.1, -0.05) is 25.1 Å². The van der Waals surface area contributed by atoms with Crippen LogP contribution in [0.2, 0.25) is 0 Å². The highest BCUT2D eigenvalue weighted by Crippen LogP contribution is 2.07. The van der Waals surface area contributed by atoms with Crippen molar-refractivity contribution >= 4 is 0 Å². The van der Waals surface area contributed by atoms with Crippen molar-refractivity contribution in [1.82, 2.24) is 5.32 Å². The monoisotopic (exact) mass is 218 g/mol. The molecule has 0 aromatic heterocycles. The van der Waals surface area contributed by atoms with E-state index in [1.807, 2.05) is 30.3 Å². The highest BCUT2D eigenvalue weighted by Gasteiger charge is 2.03. The zero-order valence-electron chi connectivity index (χ0n) is 9.65. The summed E-state index contributed by atoms with van der Waals surface area (Å²) in [5, 5.41) is 11.9. The van der Waals surface area contributed by atoms with Crippen LogP contribution in [0.5, 0.6) is 5.75 Å². The van der Waals surface area contributed by atoms with Gasteiger partial charge in [0.25, 0.3) is 0 Å². The predicted octanol–water partition coefficient (Wildman–Crippen LogP) is 2.35. The van der Waals surface area contributed by atoms with E-state index >= 15 is 0 Å². The minimum atomic E-state index is 0.282. The average molecular weight is 218 g/mol. The molecule has 0 saturated carbocycles. The van der Waals surface area contributed by atoms with Crippen LogP contribution in [0.15, 0.2) is 30.3 Å². The summed E-state index contributed by atoms with van der Waals surface area (Å²) in [6.45, 7) is 3.48. The van der Waals surface area contributed by atoms with Gasteiger partial charge in [-0.15, -0.1) is 0 Å². The molecule has 16 heavy (non-hydrogen) atoms. The molecule has 0 fully saturated rings. The highest BCUT2D eigenvalue weighted by atomic mass is 16.5. The summed E-state index contributed by atoms with van der Waals surface area (Å²) < 4.78 is 5.53. The molecule has 1 aromatic rings. The van der Waals surface area contributed by atoms with E-state index in [4.69, 9.17) is 10.00 Å². The lowest BCUT2D eigenvalue weighted by Gasteiger charge is -2.13. The third kappa shape index (κ3) is 4.81. The molecule has 1 rings (SSSR count). The lowest BCUT2D eigenvalue weighted by atomic mass is 10.2. The number of rotatable bonds is 7. The molecule has 0 saturated heterocycles. The van der Waals surface area contributed by atoms with Crippen LogP contribution in [-0.2, 0) is 0 Å². The molecule has 3 heteroatoms. The van der Waals surface area contributed by atoms with E-state index in [0.717, 1.165) is 18.7 Å². The second-order valence-electron chi connectivity index (χ2n) is 3.58. The third-order valence-corrected chi connectivity index (χ3v) is 2.38. The van der Waals surface area contributed by atoms with Crippen molar-refractivity contribution in [1.29, 1.82) is 5.26 Å². The molecule has 1 aromatic carbocycles. The quantitative estimate of drug-likeness (QED) is 0.714. The van der Waals surface area contributed by atoms with E-state index in [2.05, 4.69) is 18.3 Å². The summed E-state index contributed by atoms with van der Waals surface area (Å²) in [6, 6.07) is 12.2. The first-order valence-corrected chi connectivity index (χ1v) is 5.65. The molecule has 0 aliphatic rings. The van der Waals surface area contributed by atoms with Crippen molar-refractivity contribution < 1.29 is 4.74 Å². The maximum absolute atomic E-state index is 8.58. The first kappa shape index (κ1) is 12.5. The average Bonchev–Trinajstić information content (AvgIpc) is 2.34. The largest absolute Gasteiger partial charge is 0.492 e. The third-order valence-electron chi connectivity index (χ3n) is 2.38. The number of ether oxygens (including phenoxy) is 1. The molecule has 86 valence electrons. The van der Waals surface area contributed by atoms with Crippen molar-refractivity contribution in [3.63, 3.8) is 0 Å². The Labute approximate surface area is 97.0 Å². The van der Waals surface area contributed by atoms with Crippen molar-refractivity contribution in [3.05, 3.63) is 30.3 Å². The van der Waals surface area contributed by atoms with Gasteiger partial charge in [-0.2, -0.15) is 5.26 Å². The van der Waals surface area contributed by atoms with Crippen LogP contribution in [0.4, 0.5) is 0 Å². The van der Waals surface area contributed by atoms with Gasteiger partial charge in [0.1, 0.15) is 12.4 Å². The summed E-state index contributed by atoms with van der Waals surface area (Å²) in [5.41, 5.74) is 0. The summed E-state index contributed by atoms with van der Waals surface area (Å²) in [6.07, 6.45) is 1.53. The fourth-order valence-electron chi connectivity index (χ4n) is 1.42. The van der Waals surface area contributed by atoms with Crippen LogP contribution in [0.25, 0.3) is 0 Å². The number of hydrogen-bond acceptors (Lipinski definition) is 3. The summed E-state index contributed by atoms with van der Waals surface area (Å²) in [7, 11) is 0. The first-order chi connectivity index (χ1) is 7.86. The topological polar surface area (TPSA) is 45.0 Å². The van der Waals surface area contributed by atoms with Gasteiger partial charge in [-0.3, -0.25) is 0 Å². The molecule has 0 amide bonds. The standard InChI is InChI=1S/C13H18N2O/c1-2-12(8-9-14)15-10-11-16-13-6-4-3-5-7-13/h3-7,12,15H,2,8,10-11H2,1H3. The maximum atomic E-state index is 8.58. The van der Waals surface area contributed by atoms with Gasteiger partial charge < -0.3 is 10.1 Å². The minimum absolute atomic E-state index is 0.282. The minimum Gasteiger partial charge on any atom is -0.492 e. The smallest absolute Gasteiger partial charge is 0.119 e. The SMILES string of the molecule is CCC(CC#N)NCCOc1ccccc1. The van der Waals surface area contributed by atoms with E-state index in [9.17, 15) is 0 Å². The van der Waals surface area contributed by atoms with Gasteiger partial charge in [0.15, 0.2) is 0 Å². The van der Waals surface area contributed by atoms with E-state index in [0.29, 0.717) is 13.0 Å². The molecule has 1 N–H and O–H groups in total. The van der Waals surface area contributed by atoms with Crippen molar-refractivity contribution in [2.45, 2.75) is 25.8 Å². The summed E-state index contributed by atoms with van der Waals surface area (Å²) in [4.78, 5) is 0. The molecule has 0 radical (unpaired) electrons. The van der Waals surface area contributed by atoms with Crippen LogP contribution >= 0.6 is 0 Å². The number of hydrogen-bond donors (Lipinski definition) is 1. The zero-order valence-corrected chi connectivity index (χ0v) is 9.65. The van der Waals surface area contributed by atoms with Crippen molar-refractivity contribution in [3.8, 4) is 11.8 Å². The van der Waals surface area contributed by atoms with E-state index in [-0.39, 0.29) is 6.04 Å². The lowest BCUT2D eigenvalue weighted by molar-refractivity contribution is 0.304. The normalized spacial score (nSPS) is 11.8. The molecule has 1 unspecified atom stereocenters. The van der Waals surface area contributed by atoms with E-state index < -0.39 is 0 Å². The second-order valence-corrected chi connectivity index (χ2v) is 3.58. The molecule has 0 bridgehead atoms. The fraction of sp³-hybridized carbons (Fsp3) is 0.462. The fourth-order valence-corrected chi connectivity index (χ4v) is 1.42. The van der Waals surface area contributed by atoms with E-state index in [1.165, 1.54) is 0 Å². The molecular weight excluding hydrogens is 200 g/mol. The Morgan fingerprint density at radius 1 is 1.38 bits per heavy atom. The van der Waals surface area contributed by atoms with Crippen molar-refractivity contribution in [2.75, 3.05) is 13.2 Å². The number of benzene rings is 1. The van der Waals surface area contributed by atoms with Gasteiger partial charge in [-0.05, 0) is 18.6 Å². The maximum Gasteiger partial charge on any atom is 0.119 e. The molecule has 0 heterocycles. The molecule has 1 atom stereocenters. The highest BCUT2D eigenvalue weighted by molar-refractivity contribution is 5.20. The number of nitrogens with one attached hydrogen (secondary N) is 1. The summed E-state index contributed by atoms with van der Waals surface area (Å²) in [5.74, 6) is 0.887. The number of para-hydroxylation sites is 1. The molecule has 0 aliphatic heterocycles. The first-order valence-electron chi connectivity index (χ1n) is 5.65. The Hall–Kier alpha value is -1.53. The molecular formula is C13H18N2O. The Morgan fingerprint density at radius 2 is 2.12 bits per heavy atom. The van der Waals surface area contributed by atoms with Gasteiger partial charge >= 0.3 is 0 Å². The van der Waals surface area contributed by atoms with Crippen LogP contribution in [0, 0.1) is 11.3 Å². The Balaban J connectivity index is 2.14. The molecule has 0 spiro atoms.